The Morgan fingerprint density at radius 1 is 1.42 bits per heavy atom. The highest BCUT2D eigenvalue weighted by Crippen LogP contribution is 2.35. The molecule has 0 saturated carbocycles. The summed E-state index contributed by atoms with van der Waals surface area (Å²) in [4.78, 5) is 12.5. The first-order valence-electron chi connectivity index (χ1n) is 8.35. The van der Waals surface area contributed by atoms with Crippen molar-refractivity contribution in [1.29, 1.82) is 0 Å². The average Bonchev–Trinajstić information content (AvgIpc) is 2.80. The molecule has 0 spiro atoms. The summed E-state index contributed by atoms with van der Waals surface area (Å²) in [6.07, 6.45) is 2.65. The highest BCUT2D eigenvalue weighted by Gasteiger charge is 2.31. The molecule has 0 fully saturated rings. The molecule has 2 heterocycles. The van der Waals surface area contributed by atoms with Gasteiger partial charge in [0.15, 0.2) is 0 Å². The smallest absolute Gasteiger partial charge is 0.345 e. The van der Waals surface area contributed by atoms with Crippen molar-refractivity contribution in [1.82, 2.24) is 9.78 Å². The van der Waals surface area contributed by atoms with Gasteiger partial charge in [-0.05, 0) is 38.3 Å². The standard InChI is InChI=1S/C18H21FN2O3/c1-3-12-8-7-11-21-17(24-12)15(18(22)23-4-2)16(20-21)13-9-5-6-10-14(13)19/h5-6,9-10,12H,3-4,7-8,11H2,1-2H3. The first kappa shape index (κ1) is 16.5. The van der Waals surface area contributed by atoms with Gasteiger partial charge in [-0.1, -0.05) is 19.1 Å². The summed E-state index contributed by atoms with van der Waals surface area (Å²) in [5.74, 6) is -0.576. The molecule has 0 N–H and O–H groups in total. The Hall–Kier alpha value is -2.37. The summed E-state index contributed by atoms with van der Waals surface area (Å²) in [6.45, 7) is 4.64. The summed E-state index contributed by atoms with van der Waals surface area (Å²) in [5.41, 5.74) is 0.762. The van der Waals surface area contributed by atoms with Crippen LogP contribution in [0.3, 0.4) is 0 Å². The number of aryl methyl sites for hydroxylation is 1. The van der Waals surface area contributed by atoms with Gasteiger partial charge in [-0.25, -0.2) is 13.9 Å². The van der Waals surface area contributed by atoms with Crippen molar-refractivity contribution in [2.75, 3.05) is 6.61 Å². The quantitative estimate of drug-likeness (QED) is 0.799. The van der Waals surface area contributed by atoms with E-state index >= 15 is 0 Å². The number of rotatable bonds is 4. The van der Waals surface area contributed by atoms with Crippen molar-refractivity contribution < 1.29 is 18.7 Å². The maximum atomic E-state index is 14.2. The molecular formula is C18H21FN2O3. The van der Waals surface area contributed by atoms with E-state index in [1.807, 2.05) is 6.92 Å². The number of esters is 1. The van der Waals surface area contributed by atoms with Gasteiger partial charge in [-0.15, -0.1) is 0 Å². The lowest BCUT2D eigenvalue weighted by atomic mass is 10.1. The van der Waals surface area contributed by atoms with E-state index in [9.17, 15) is 9.18 Å². The minimum atomic E-state index is -0.534. The summed E-state index contributed by atoms with van der Waals surface area (Å²) < 4.78 is 27.1. The monoisotopic (exact) mass is 332 g/mol. The van der Waals surface area contributed by atoms with E-state index in [0.29, 0.717) is 12.4 Å². The van der Waals surface area contributed by atoms with E-state index in [0.717, 1.165) is 19.3 Å². The molecule has 0 aliphatic carbocycles. The number of halogens is 1. The number of carbonyl (C=O) groups excluding carboxylic acids is 1. The third kappa shape index (κ3) is 3.00. The molecule has 5 nitrogen and oxygen atoms in total. The third-order valence-electron chi connectivity index (χ3n) is 4.14. The molecule has 0 amide bonds. The summed E-state index contributed by atoms with van der Waals surface area (Å²) in [7, 11) is 0. The van der Waals surface area contributed by atoms with E-state index in [-0.39, 0.29) is 29.5 Å². The second-order valence-corrected chi connectivity index (χ2v) is 5.74. The molecule has 24 heavy (non-hydrogen) atoms. The van der Waals surface area contributed by atoms with Gasteiger partial charge in [0, 0.05) is 12.1 Å². The fourth-order valence-corrected chi connectivity index (χ4v) is 2.92. The Morgan fingerprint density at radius 2 is 2.21 bits per heavy atom. The topological polar surface area (TPSA) is 53.3 Å². The van der Waals surface area contributed by atoms with Crippen LogP contribution < -0.4 is 4.74 Å². The van der Waals surface area contributed by atoms with Crippen molar-refractivity contribution in [3.63, 3.8) is 0 Å². The summed E-state index contributed by atoms with van der Waals surface area (Å²) in [6, 6.07) is 6.28. The van der Waals surface area contributed by atoms with Gasteiger partial charge < -0.3 is 9.47 Å². The van der Waals surface area contributed by atoms with Crippen LogP contribution in [0.4, 0.5) is 4.39 Å². The Balaban J connectivity index is 2.16. The first-order valence-corrected chi connectivity index (χ1v) is 8.35. The Labute approximate surface area is 140 Å². The number of carbonyl (C=O) groups is 1. The summed E-state index contributed by atoms with van der Waals surface area (Å²) >= 11 is 0. The maximum Gasteiger partial charge on any atom is 0.345 e. The SMILES string of the molecule is CCOC(=O)c1c(-c2ccccc2F)nn2c1OC(CC)CCC2. The first-order chi connectivity index (χ1) is 11.7. The van der Waals surface area contributed by atoms with Crippen molar-refractivity contribution in [3.8, 4) is 17.1 Å². The van der Waals surface area contributed by atoms with E-state index in [1.54, 1.807) is 29.8 Å². The molecule has 128 valence electrons. The molecule has 0 radical (unpaired) electrons. The lowest BCUT2D eigenvalue weighted by molar-refractivity contribution is 0.0519. The molecule has 0 saturated heterocycles. The molecule has 3 rings (SSSR count). The highest BCUT2D eigenvalue weighted by atomic mass is 19.1. The van der Waals surface area contributed by atoms with Crippen LogP contribution in [-0.4, -0.2) is 28.5 Å². The zero-order valence-corrected chi connectivity index (χ0v) is 13.9. The number of hydrogen-bond donors (Lipinski definition) is 0. The van der Waals surface area contributed by atoms with Crippen LogP contribution >= 0.6 is 0 Å². The second kappa shape index (κ2) is 7.03. The van der Waals surface area contributed by atoms with Gasteiger partial charge >= 0.3 is 5.97 Å². The minimum Gasteiger partial charge on any atom is -0.474 e. The van der Waals surface area contributed by atoms with Crippen molar-refractivity contribution >= 4 is 5.97 Å². The Morgan fingerprint density at radius 3 is 2.92 bits per heavy atom. The molecule has 1 atom stereocenters. The molecule has 6 heteroatoms. The van der Waals surface area contributed by atoms with Crippen molar-refractivity contribution in [3.05, 3.63) is 35.6 Å². The van der Waals surface area contributed by atoms with Gasteiger partial charge in [0.2, 0.25) is 5.88 Å². The van der Waals surface area contributed by atoms with E-state index < -0.39 is 11.8 Å². The van der Waals surface area contributed by atoms with E-state index in [1.165, 1.54) is 6.07 Å². The number of aromatic nitrogens is 2. The third-order valence-corrected chi connectivity index (χ3v) is 4.14. The average molecular weight is 332 g/mol. The van der Waals surface area contributed by atoms with Crippen molar-refractivity contribution in [2.24, 2.45) is 0 Å². The molecule has 1 unspecified atom stereocenters. The molecule has 1 aliphatic rings. The maximum absolute atomic E-state index is 14.2. The number of ether oxygens (including phenoxy) is 2. The van der Waals surface area contributed by atoms with E-state index in [2.05, 4.69) is 5.10 Å². The molecule has 1 aromatic heterocycles. The summed E-state index contributed by atoms with van der Waals surface area (Å²) in [5, 5.41) is 4.46. The minimum absolute atomic E-state index is 0.0181. The van der Waals surface area contributed by atoms with Crippen LogP contribution in [-0.2, 0) is 11.3 Å². The van der Waals surface area contributed by atoms with Gasteiger partial charge in [0.25, 0.3) is 0 Å². The molecular weight excluding hydrogens is 311 g/mol. The van der Waals surface area contributed by atoms with Crippen LogP contribution in [0.2, 0.25) is 0 Å². The predicted octanol–water partition coefficient (Wildman–Crippen LogP) is 3.82. The molecule has 0 bridgehead atoms. The predicted molar refractivity (Wildman–Crippen MR) is 87.5 cm³/mol. The van der Waals surface area contributed by atoms with Gasteiger partial charge in [-0.2, -0.15) is 5.10 Å². The number of benzene rings is 1. The van der Waals surface area contributed by atoms with Crippen LogP contribution in [0.5, 0.6) is 5.88 Å². The largest absolute Gasteiger partial charge is 0.474 e. The number of nitrogens with zero attached hydrogens (tertiary/aromatic N) is 2. The number of hydrogen-bond acceptors (Lipinski definition) is 4. The highest BCUT2D eigenvalue weighted by molar-refractivity contribution is 5.98. The Bertz CT molecular complexity index is 742. The lowest BCUT2D eigenvalue weighted by Crippen LogP contribution is -2.16. The van der Waals surface area contributed by atoms with Gasteiger partial charge in [0.1, 0.15) is 23.2 Å². The van der Waals surface area contributed by atoms with Crippen LogP contribution in [0.25, 0.3) is 11.3 Å². The zero-order valence-electron chi connectivity index (χ0n) is 13.9. The fraction of sp³-hybridized carbons (Fsp3) is 0.444. The van der Waals surface area contributed by atoms with Crippen LogP contribution in [0.1, 0.15) is 43.5 Å². The fourth-order valence-electron chi connectivity index (χ4n) is 2.92. The van der Waals surface area contributed by atoms with Crippen molar-refractivity contribution in [2.45, 2.75) is 45.8 Å². The molecule has 2 aromatic rings. The normalized spacial score (nSPS) is 16.9. The van der Waals surface area contributed by atoms with E-state index in [4.69, 9.17) is 9.47 Å². The van der Waals surface area contributed by atoms with Gasteiger partial charge in [0.05, 0.1) is 6.61 Å². The molecule has 1 aliphatic heterocycles. The van der Waals surface area contributed by atoms with Crippen LogP contribution in [0, 0.1) is 5.82 Å². The lowest BCUT2D eigenvalue weighted by Gasteiger charge is -2.14. The van der Waals surface area contributed by atoms with Gasteiger partial charge in [-0.3, -0.25) is 0 Å². The Kier molecular flexibility index (Phi) is 4.83. The molecule has 1 aromatic carbocycles. The zero-order chi connectivity index (χ0) is 17.1. The number of fused-ring (bicyclic) bond motifs is 1. The van der Waals surface area contributed by atoms with Crippen LogP contribution in [0.15, 0.2) is 24.3 Å². The second-order valence-electron chi connectivity index (χ2n) is 5.74.